The van der Waals surface area contributed by atoms with Gasteiger partial charge in [0.05, 0.1) is 5.02 Å². The van der Waals surface area contributed by atoms with Crippen LogP contribution in [0.25, 0.3) is 12.2 Å². The maximum absolute atomic E-state index is 13.2. The van der Waals surface area contributed by atoms with Crippen LogP contribution in [0.15, 0.2) is 53.8 Å². The lowest BCUT2D eigenvalue weighted by atomic mass is 9.91. The second-order valence-corrected chi connectivity index (χ2v) is 11.0. The van der Waals surface area contributed by atoms with Gasteiger partial charge in [-0.25, -0.2) is 27.8 Å². The molecule has 4 rings (SSSR count). The molecule has 11 heteroatoms. The van der Waals surface area contributed by atoms with Crippen LogP contribution in [0, 0.1) is 5.82 Å². The fourth-order valence-corrected chi connectivity index (χ4v) is 5.60. The number of benzene rings is 1. The molecular formula is C25H28ClFN6O2S. The minimum atomic E-state index is -4.00. The van der Waals surface area contributed by atoms with Crippen molar-refractivity contribution < 1.29 is 12.8 Å². The Morgan fingerprint density at radius 2 is 1.64 bits per heavy atom. The zero-order valence-electron chi connectivity index (χ0n) is 20.0. The second kappa shape index (κ2) is 11.3. The van der Waals surface area contributed by atoms with E-state index in [0.29, 0.717) is 18.0 Å². The first-order valence-corrected chi connectivity index (χ1v) is 13.4. The Morgan fingerprint density at radius 1 is 0.972 bits per heavy atom. The summed E-state index contributed by atoms with van der Waals surface area (Å²) in [5, 5.41) is 3.22. The molecule has 36 heavy (non-hydrogen) atoms. The van der Waals surface area contributed by atoms with Crippen molar-refractivity contribution in [2.45, 2.75) is 42.7 Å². The average Bonchev–Trinajstić information content (AvgIpc) is 2.84. The molecule has 0 radical (unpaired) electrons. The van der Waals surface area contributed by atoms with Crippen LogP contribution < -0.4 is 10.0 Å². The molecule has 1 fully saturated rings. The maximum Gasteiger partial charge on any atom is 0.264 e. The molecule has 1 saturated carbocycles. The van der Waals surface area contributed by atoms with Gasteiger partial charge in [-0.05, 0) is 75.7 Å². The lowest BCUT2D eigenvalue weighted by molar-refractivity contribution is 0.221. The topological polar surface area (TPSA) is 100 Å². The Morgan fingerprint density at radius 3 is 2.25 bits per heavy atom. The van der Waals surface area contributed by atoms with Crippen LogP contribution in [-0.2, 0) is 10.0 Å². The molecule has 1 aliphatic carbocycles. The van der Waals surface area contributed by atoms with Crippen LogP contribution in [0.3, 0.4) is 0 Å². The molecule has 0 saturated heterocycles. The molecule has 0 bridgehead atoms. The summed E-state index contributed by atoms with van der Waals surface area (Å²) in [4.78, 5) is 15.1. The molecule has 0 unspecified atom stereocenters. The molecule has 1 aliphatic rings. The second-order valence-electron chi connectivity index (χ2n) is 8.94. The summed E-state index contributed by atoms with van der Waals surface area (Å²) in [6, 6.07) is 7.37. The fourth-order valence-electron chi connectivity index (χ4n) is 4.06. The number of anilines is 2. The Kier molecular flexibility index (Phi) is 8.17. The lowest BCUT2D eigenvalue weighted by Crippen LogP contribution is -2.36. The highest BCUT2D eigenvalue weighted by Gasteiger charge is 2.22. The normalized spacial score (nSPS) is 18.5. The van der Waals surface area contributed by atoms with Gasteiger partial charge in [0.1, 0.15) is 16.5 Å². The van der Waals surface area contributed by atoms with Gasteiger partial charge < -0.3 is 10.2 Å². The number of nitrogens with one attached hydrogen (secondary N) is 2. The van der Waals surface area contributed by atoms with Gasteiger partial charge in [-0.15, -0.1) is 0 Å². The van der Waals surface area contributed by atoms with E-state index >= 15 is 0 Å². The van der Waals surface area contributed by atoms with Gasteiger partial charge in [-0.2, -0.15) is 0 Å². The van der Waals surface area contributed by atoms with E-state index in [0.717, 1.165) is 42.2 Å². The van der Waals surface area contributed by atoms with Crippen molar-refractivity contribution in [3.63, 3.8) is 0 Å². The Hall–Kier alpha value is -3.08. The quantitative estimate of drug-likeness (QED) is 0.426. The highest BCUT2D eigenvalue weighted by molar-refractivity contribution is 7.92. The number of hydrogen-bond donors (Lipinski definition) is 2. The van der Waals surface area contributed by atoms with E-state index < -0.39 is 15.8 Å². The number of sulfonamides is 1. The van der Waals surface area contributed by atoms with Gasteiger partial charge in [0.2, 0.25) is 5.95 Å². The van der Waals surface area contributed by atoms with Crippen molar-refractivity contribution in [2.24, 2.45) is 0 Å². The zero-order valence-corrected chi connectivity index (χ0v) is 21.6. The molecule has 1 aromatic carbocycles. The minimum Gasteiger partial charge on any atom is -0.351 e. The van der Waals surface area contributed by atoms with E-state index in [4.69, 9.17) is 11.6 Å². The molecule has 2 heterocycles. The van der Waals surface area contributed by atoms with Gasteiger partial charge >= 0.3 is 0 Å². The van der Waals surface area contributed by atoms with Crippen molar-refractivity contribution in [2.75, 3.05) is 24.1 Å². The highest BCUT2D eigenvalue weighted by Crippen LogP contribution is 2.25. The number of halogens is 2. The van der Waals surface area contributed by atoms with E-state index in [1.165, 1.54) is 25.1 Å². The first kappa shape index (κ1) is 26.0. The monoisotopic (exact) mass is 530 g/mol. The molecule has 0 spiro atoms. The molecule has 190 valence electrons. The fraction of sp³-hybridized carbons (Fsp3) is 0.320. The van der Waals surface area contributed by atoms with Gasteiger partial charge in [-0.3, -0.25) is 4.72 Å². The van der Waals surface area contributed by atoms with Crippen LogP contribution >= 0.6 is 11.6 Å². The average molecular weight is 531 g/mol. The Bertz CT molecular complexity index is 1310. The minimum absolute atomic E-state index is 0.117. The summed E-state index contributed by atoms with van der Waals surface area (Å²) < 4.78 is 40.6. The molecule has 2 N–H and O–H groups in total. The highest BCUT2D eigenvalue weighted by atomic mass is 35.5. The number of aromatic nitrogens is 3. The summed E-state index contributed by atoms with van der Waals surface area (Å²) in [5.74, 6) is 0.123. The Labute approximate surface area is 215 Å². The van der Waals surface area contributed by atoms with Gasteiger partial charge in [-0.1, -0.05) is 23.8 Å². The first-order chi connectivity index (χ1) is 17.2. The van der Waals surface area contributed by atoms with Gasteiger partial charge in [0.15, 0.2) is 0 Å². The van der Waals surface area contributed by atoms with Crippen LogP contribution in [0.2, 0.25) is 5.02 Å². The van der Waals surface area contributed by atoms with E-state index in [1.54, 1.807) is 18.5 Å². The maximum atomic E-state index is 13.2. The number of pyridine rings is 1. The molecular weight excluding hydrogens is 503 g/mol. The number of nitrogens with zero attached hydrogens (tertiary/aromatic N) is 4. The summed E-state index contributed by atoms with van der Waals surface area (Å²) in [7, 11) is 0.258. The number of hydrogen-bond acceptors (Lipinski definition) is 7. The smallest absolute Gasteiger partial charge is 0.264 e. The lowest BCUT2D eigenvalue weighted by Gasteiger charge is -2.32. The molecule has 8 nitrogen and oxygen atoms in total. The number of rotatable bonds is 8. The largest absolute Gasteiger partial charge is 0.351 e. The van der Waals surface area contributed by atoms with Crippen molar-refractivity contribution >= 4 is 45.5 Å². The van der Waals surface area contributed by atoms with Crippen molar-refractivity contribution in [3.05, 3.63) is 70.9 Å². The van der Waals surface area contributed by atoms with Crippen LogP contribution in [0.5, 0.6) is 0 Å². The molecule has 2 aromatic heterocycles. The van der Waals surface area contributed by atoms with Gasteiger partial charge in [0.25, 0.3) is 10.0 Å². The van der Waals surface area contributed by atoms with Crippen molar-refractivity contribution in [1.82, 2.24) is 19.9 Å². The molecule has 0 aliphatic heterocycles. The van der Waals surface area contributed by atoms with E-state index in [1.807, 2.05) is 12.2 Å². The SMILES string of the molecule is CN(C)[C@H]1CC[C@H](Nc2ncc(/C=C/c3ccc(NS(=O)(=O)c4ccc(F)cc4Cl)nc3)cn2)CC1. The molecule has 0 atom stereocenters. The van der Waals surface area contributed by atoms with E-state index in [9.17, 15) is 12.8 Å². The standard InChI is InChI=1S/C25H28ClFN6O2S/c1-33(2)21-9-7-20(8-10-21)31-25-29-15-18(16-30-25)4-3-17-5-12-24(28-14-17)32-36(34,35)23-11-6-19(27)13-22(23)26/h3-6,11-16,20-21H,7-10H2,1-2H3,(H,28,32)(H,29,30,31)/b4-3+/t20-,21-. The predicted octanol–water partition coefficient (Wildman–Crippen LogP) is 4.92. The van der Waals surface area contributed by atoms with Crippen LogP contribution in [-0.4, -0.2) is 54.4 Å². The van der Waals surface area contributed by atoms with E-state index in [-0.39, 0.29) is 15.7 Å². The molecule has 0 amide bonds. The van der Waals surface area contributed by atoms with Crippen molar-refractivity contribution in [3.8, 4) is 0 Å². The third-order valence-corrected chi connectivity index (χ3v) is 7.95. The third kappa shape index (κ3) is 6.77. The first-order valence-electron chi connectivity index (χ1n) is 11.6. The summed E-state index contributed by atoms with van der Waals surface area (Å²) in [6.45, 7) is 0. The van der Waals surface area contributed by atoms with Gasteiger partial charge in [0, 0.05) is 36.2 Å². The summed E-state index contributed by atoms with van der Waals surface area (Å²) in [5.41, 5.74) is 1.59. The molecule has 3 aromatic rings. The van der Waals surface area contributed by atoms with Crippen LogP contribution in [0.4, 0.5) is 16.2 Å². The summed E-state index contributed by atoms with van der Waals surface area (Å²) in [6.07, 6.45) is 13.2. The summed E-state index contributed by atoms with van der Waals surface area (Å²) >= 11 is 5.87. The Balaban J connectivity index is 1.32. The predicted molar refractivity (Wildman–Crippen MR) is 141 cm³/mol. The van der Waals surface area contributed by atoms with Crippen molar-refractivity contribution in [1.29, 1.82) is 0 Å². The van der Waals surface area contributed by atoms with Crippen LogP contribution in [0.1, 0.15) is 36.8 Å². The zero-order chi connectivity index (χ0) is 25.7. The van der Waals surface area contributed by atoms with E-state index in [2.05, 4.69) is 44.0 Å². The third-order valence-electron chi connectivity index (χ3n) is 6.11.